The van der Waals surface area contributed by atoms with Crippen molar-refractivity contribution in [3.63, 3.8) is 0 Å². The number of anilines is 1. The first-order valence-corrected chi connectivity index (χ1v) is 15.4. The van der Waals surface area contributed by atoms with Crippen LogP contribution in [0.4, 0.5) is 67.4 Å². The van der Waals surface area contributed by atoms with Gasteiger partial charge in [0, 0.05) is 35.8 Å². The number of benzene rings is 3. The molecular weight excluding hydrogens is 667 g/mol. The molecule has 0 unspecified atom stereocenters. The molecule has 0 aliphatic carbocycles. The van der Waals surface area contributed by atoms with Crippen LogP contribution in [0.1, 0.15) is 20.3 Å². The summed E-state index contributed by atoms with van der Waals surface area (Å²) in [5.74, 6) is -20.0. The minimum Gasteiger partial charge on any atom is -0.372 e. The van der Waals surface area contributed by atoms with Crippen LogP contribution in [0.25, 0.3) is 10.2 Å². The first-order chi connectivity index (χ1) is 21.6. The van der Waals surface area contributed by atoms with E-state index in [1.807, 2.05) is 24.3 Å². The van der Waals surface area contributed by atoms with Gasteiger partial charge in [-0.05, 0) is 80.6 Å². The summed E-state index contributed by atoms with van der Waals surface area (Å²) in [5, 5.41) is 16.9. The average molecular weight is 693 g/mol. The molecule has 0 saturated heterocycles. The molecule has 0 amide bonds. The third-order valence-corrected chi connectivity index (χ3v) is 8.50. The number of hydrogen-bond donors (Lipinski definition) is 0. The predicted molar refractivity (Wildman–Crippen MR) is 161 cm³/mol. The van der Waals surface area contributed by atoms with Crippen LogP contribution < -0.4 is 4.90 Å². The summed E-state index contributed by atoms with van der Waals surface area (Å²) in [4.78, 5) is 6.78. The zero-order chi connectivity index (χ0) is 33.8. The lowest BCUT2D eigenvalue weighted by Gasteiger charge is -2.33. The van der Waals surface area contributed by atoms with Gasteiger partial charge in [0.15, 0.2) is 0 Å². The van der Waals surface area contributed by atoms with E-state index in [2.05, 4.69) is 44.2 Å². The standard InChI is InChI=1S/C29H25F9N6S2/c1-3-44(4-2)21-11-9-20(10-12-21)41-40-18-5-7-19(8-6-18)42-43-25-39-23-14-13-22(17-24(23)46-25)45-16-15-26(30,31)27(32,33)28(34,35)29(36,37)38/h5-14,17H,3-4,15-16H2,1-2H3. The average Bonchev–Trinajstić information content (AvgIpc) is 3.42. The first-order valence-electron chi connectivity index (χ1n) is 13.6. The van der Waals surface area contributed by atoms with Gasteiger partial charge in [-0.25, -0.2) is 4.98 Å². The van der Waals surface area contributed by atoms with Gasteiger partial charge in [-0.1, -0.05) is 11.3 Å². The van der Waals surface area contributed by atoms with Crippen LogP contribution in [0.3, 0.4) is 0 Å². The summed E-state index contributed by atoms with van der Waals surface area (Å²) in [7, 11) is 0. The number of rotatable bonds is 13. The van der Waals surface area contributed by atoms with E-state index in [-0.39, 0.29) is 10.0 Å². The molecule has 1 heterocycles. The van der Waals surface area contributed by atoms with Crippen LogP contribution in [0.5, 0.6) is 0 Å². The Bertz CT molecular complexity index is 1670. The molecule has 0 radical (unpaired) electrons. The smallest absolute Gasteiger partial charge is 0.372 e. The van der Waals surface area contributed by atoms with Crippen molar-refractivity contribution in [1.29, 1.82) is 0 Å². The number of hydrogen-bond acceptors (Lipinski definition) is 8. The molecule has 4 rings (SSSR count). The van der Waals surface area contributed by atoms with Crippen molar-refractivity contribution in [2.24, 2.45) is 20.5 Å². The maximum atomic E-state index is 13.8. The molecule has 17 heteroatoms. The molecule has 0 N–H and O–H groups in total. The van der Waals surface area contributed by atoms with Gasteiger partial charge in [0.05, 0.1) is 27.3 Å². The Kier molecular flexibility index (Phi) is 10.7. The lowest BCUT2D eigenvalue weighted by atomic mass is 10.0. The quantitative estimate of drug-likeness (QED) is 0.0796. The Balaban J connectivity index is 1.34. The Labute approximate surface area is 265 Å². The molecule has 4 aromatic rings. The van der Waals surface area contributed by atoms with Gasteiger partial charge in [-0.3, -0.25) is 0 Å². The zero-order valence-corrected chi connectivity index (χ0v) is 25.7. The van der Waals surface area contributed by atoms with Crippen molar-refractivity contribution >= 4 is 61.2 Å². The van der Waals surface area contributed by atoms with Gasteiger partial charge < -0.3 is 4.90 Å². The van der Waals surface area contributed by atoms with Crippen molar-refractivity contribution in [3.05, 3.63) is 66.7 Å². The van der Waals surface area contributed by atoms with Crippen molar-refractivity contribution in [1.82, 2.24) is 4.98 Å². The highest BCUT2D eigenvalue weighted by molar-refractivity contribution is 7.99. The molecule has 0 spiro atoms. The highest BCUT2D eigenvalue weighted by atomic mass is 32.2. The second-order valence-electron chi connectivity index (χ2n) is 9.68. The van der Waals surface area contributed by atoms with Gasteiger partial charge >= 0.3 is 23.9 Å². The fourth-order valence-corrected chi connectivity index (χ4v) is 5.87. The third kappa shape index (κ3) is 7.79. The van der Waals surface area contributed by atoms with Crippen molar-refractivity contribution in [2.75, 3.05) is 23.7 Å². The molecule has 0 fully saturated rings. The van der Waals surface area contributed by atoms with E-state index in [0.717, 1.165) is 30.1 Å². The van der Waals surface area contributed by atoms with Crippen molar-refractivity contribution in [3.8, 4) is 0 Å². The second kappa shape index (κ2) is 13.9. The SMILES string of the molecule is CCN(CC)c1ccc(N=Nc2ccc(N=Nc3nc4ccc(SCCC(F)(F)C(F)(F)C(F)(F)C(F)(F)F)cc4s3)cc2)cc1. The Hall–Kier alpha value is -3.73. The molecule has 0 aliphatic rings. The van der Waals surface area contributed by atoms with Crippen LogP contribution in [0.15, 0.2) is 92.1 Å². The van der Waals surface area contributed by atoms with Crippen LogP contribution in [-0.2, 0) is 0 Å². The van der Waals surface area contributed by atoms with Gasteiger partial charge in [-0.2, -0.15) is 49.7 Å². The summed E-state index contributed by atoms with van der Waals surface area (Å²) in [5.41, 5.74) is 3.34. The molecule has 1 aromatic heterocycles. The van der Waals surface area contributed by atoms with E-state index >= 15 is 0 Å². The summed E-state index contributed by atoms with van der Waals surface area (Å²) in [6.07, 6.45) is -8.76. The molecule has 0 atom stereocenters. The largest absolute Gasteiger partial charge is 0.460 e. The minimum atomic E-state index is -6.90. The van der Waals surface area contributed by atoms with Crippen molar-refractivity contribution in [2.45, 2.75) is 49.1 Å². The van der Waals surface area contributed by atoms with E-state index in [1.54, 1.807) is 24.3 Å². The highest BCUT2D eigenvalue weighted by Crippen LogP contribution is 2.54. The van der Waals surface area contributed by atoms with E-state index in [0.29, 0.717) is 39.0 Å². The normalized spacial score (nSPS) is 13.4. The molecule has 6 nitrogen and oxygen atoms in total. The number of aromatic nitrogens is 1. The summed E-state index contributed by atoms with van der Waals surface area (Å²) >= 11 is 1.67. The fourth-order valence-electron chi connectivity index (χ4n) is 4.01. The molecule has 46 heavy (non-hydrogen) atoms. The number of thioether (sulfide) groups is 1. The molecule has 0 bridgehead atoms. The van der Waals surface area contributed by atoms with Crippen LogP contribution in [0, 0.1) is 0 Å². The Morgan fingerprint density at radius 3 is 1.74 bits per heavy atom. The van der Waals surface area contributed by atoms with Gasteiger partial charge in [0.2, 0.25) is 5.13 Å². The molecular formula is C29H25F9N6S2. The molecule has 0 aliphatic heterocycles. The van der Waals surface area contributed by atoms with Crippen LogP contribution in [-0.4, -0.2) is 47.8 Å². The van der Waals surface area contributed by atoms with E-state index in [9.17, 15) is 39.5 Å². The number of halogens is 9. The van der Waals surface area contributed by atoms with Gasteiger partial charge in [0.25, 0.3) is 0 Å². The number of alkyl halides is 9. The van der Waals surface area contributed by atoms with Crippen LogP contribution >= 0.6 is 23.1 Å². The lowest BCUT2D eigenvalue weighted by Crippen LogP contribution is -2.60. The lowest BCUT2D eigenvalue weighted by molar-refractivity contribution is -0.396. The number of azo groups is 2. The maximum Gasteiger partial charge on any atom is 0.460 e. The Morgan fingerprint density at radius 2 is 1.22 bits per heavy atom. The molecule has 0 saturated carbocycles. The minimum absolute atomic E-state index is 0.245. The maximum absolute atomic E-state index is 13.8. The Morgan fingerprint density at radius 1 is 0.696 bits per heavy atom. The van der Waals surface area contributed by atoms with E-state index in [4.69, 9.17) is 0 Å². The topological polar surface area (TPSA) is 65.6 Å². The van der Waals surface area contributed by atoms with Crippen molar-refractivity contribution < 1.29 is 39.5 Å². The van der Waals surface area contributed by atoms with Crippen LogP contribution in [0.2, 0.25) is 0 Å². The molecule has 3 aromatic carbocycles. The summed E-state index contributed by atoms with van der Waals surface area (Å²) in [6, 6.07) is 18.9. The van der Waals surface area contributed by atoms with E-state index in [1.165, 1.54) is 18.2 Å². The highest BCUT2D eigenvalue weighted by Gasteiger charge is 2.81. The van der Waals surface area contributed by atoms with E-state index < -0.39 is 36.1 Å². The first kappa shape index (κ1) is 35.1. The summed E-state index contributed by atoms with van der Waals surface area (Å²) in [6.45, 7) is 5.96. The number of thiazole rings is 1. The fraction of sp³-hybridized carbons (Fsp3) is 0.345. The number of fused-ring (bicyclic) bond motifs is 1. The van der Waals surface area contributed by atoms with Gasteiger partial charge in [-0.15, -0.1) is 22.0 Å². The monoisotopic (exact) mass is 692 g/mol. The second-order valence-corrected chi connectivity index (χ2v) is 11.9. The molecule has 246 valence electrons. The third-order valence-electron chi connectivity index (χ3n) is 6.60. The summed E-state index contributed by atoms with van der Waals surface area (Å²) < 4.78 is 118. The van der Waals surface area contributed by atoms with Gasteiger partial charge in [0.1, 0.15) is 0 Å². The number of nitrogens with zero attached hydrogens (tertiary/aromatic N) is 6. The zero-order valence-electron chi connectivity index (χ0n) is 24.1. The predicted octanol–water partition coefficient (Wildman–Crippen LogP) is 11.9.